The van der Waals surface area contributed by atoms with E-state index in [1.54, 1.807) is 0 Å². The van der Waals surface area contributed by atoms with Crippen LogP contribution < -0.4 is 5.73 Å². The van der Waals surface area contributed by atoms with E-state index in [0.717, 1.165) is 24.7 Å². The average molecular weight is 231 g/mol. The van der Waals surface area contributed by atoms with Crippen molar-refractivity contribution in [3.8, 4) is 0 Å². The van der Waals surface area contributed by atoms with E-state index < -0.39 is 0 Å². The first kappa shape index (κ1) is 13.9. The van der Waals surface area contributed by atoms with Crippen molar-refractivity contribution >= 4 is 0 Å². The molecule has 1 rings (SSSR count). The summed E-state index contributed by atoms with van der Waals surface area (Å²) >= 11 is 0. The van der Waals surface area contributed by atoms with Gasteiger partial charge in [0.2, 0.25) is 0 Å². The monoisotopic (exact) mass is 231 g/mol. The molecule has 1 fully saturated rings. The van der Waals surface area contributed by atoms with Crippen LogP contribution in [0.2, 0.25) is 0 Å². The zero-order valence-electron chi connectivity index (χ0n) is 10.7. The molecule has 0 aromatic carbocycles. The fourth-order valence-electron chi connectivity index (χ4n) is 2.58. The molecule has 2 nitrogen and oxygen atoms in total. The molecule has 2 N–H and O–H groups in total. The maximum atomic E-state index is 12.0. The summed E-state index contributed by atoms with van der Waals surface area (Å²) in [6.45, 7) is 5.35. The lowest BCUT2D eigenvalue weighted by atomic mass is 9.74. The topological polar surface area (TPSA) is 35.2 Å². The van der Waals surface area contributed by atoms with Gasteiger partial charge in [-0.3, -0.25) is 4.39 Å². The first-order valence-electron chi connectivity index (χ1n) is 6.53. The molecule has 0 radical (unpaired) electrons. The molecule has 0 atom stereocenters. The molecule has 96 valence electrons. The summed E-state index contributed by atoms with van der Waals surface area (Å²) in [5, 5.41) is 0. The molecule has 1 aliphatic rings. The fraction of sp³-hybridized carbons (Fsp3) is 1.00. The number of hydrogen-bond acceptors (Lipinski definition) is 2. The van der Waals surface area contributed by atoms with Gasteiger partial charge in [0.1, 0.15) is 0 Å². The normalized spacial score (nSPS) is 30.9. The fourth-order valence-corrected chi connectivity index (χ4v) is 2.58. The molecule has 0 unspecified atom stereocenters. The number of ether oxygens (including phenoxy) is 1. The van der Waals surface area contributed by atoms with Gasteiger partial charge in [-0.25, -0.2) is 0 Å². The Morgan fingerprint density at radius 2 is 2.00 bits per heavy atom. The molecule has 0 aromatic heterocycles. The molecule has 0 spiro atoms. The van der Waals surface area contributed by atoms with Crippen molar-refractivity contribution in [3.63, 3.8) is 0 Å². The lowest BCUT2D eigenvalue weighted by Gasteiger charge is -2.40. The Bertz CT molecular complexity index is 188. The first-order valence-corrected chi connectivity index (χ1v) is 6.53. The second-order valence-electron chi connectivity index (χ2n) is 5.36. The summed E-state index contributed by atoms with van der Waals surface area (Å²) < 4.78 is 17.9. The van der Waals surface area contributed by atoms with E-state index in [2.05, 4.69) is 13.8 Å². The van der Waals surface area contributed by atoms with Crippen LogP contribution in [0, 0.1) is 11.8 Å². The summed E-state index contributed by atoms with van der Waals surface area (Å²) in [6, 6.07) is 0. The van der Waals surface area contributed by atoms with Gasteiger partial charge in [0.25, 0.3) is 0 Å². The van der Waals surface area contributed by atoms with Crippen molar-refractivity contribution in [2.24, 2.45) is 17.6 Å². The minimum atomic E-state index is -0.296. The SMILES string of the molecule is CC(C)C1CCC(CN)(OCCCF)CC1. The van der Waals surface area contributed by atoms with E-state index in [1.807, 2.05) is 0 Å². The van der Waals surface area contributed by atoms with Crippen LogP contribution in [0.3, 0.4) is 0 Å². The second-order valence-corrected chi connectivity index (χ2v) is 5.36. The molecule has 0 aromatic rings. The van der Waals surface area contributed by atoms with Gasteiger partial charge in [-0.2, -0.15) is 0 Å². The third-order valence-electron chi connectivity index (χ3n) is 3.94. The number of hydrogen-bond donors (Lipinski definition) is 1. The lowest BCUT2D eigenvalue weighted by molar-refractivity contribution is -0.0760. The molecular formula is C13H26FNO. The maximum absolute atomic E-state index is 12.0. The number of rotatable bonds is 6. The van der Waals surface area contributed by atoms with Crippen molar-refractivity contribution in [2.45, 2.75) is 51.6 Å². The highest BCUT2D eigenvalue weighted by atomic mass is 19.1. The van der Waals surface area contributed by atoms with Crippen LogP contribution in [0.15, 0.2) is 0 Å². The van der Waals surface area contributed by atoms with Crippen LogP contribution in [0.4, 0.5) is 4.39 Å². The van der Waals surface area contributed by atoms with E-state index >= 15 is 0 Å². The summed E-state index contributed by atoms with van der Waals surface area (Å²) in [6.07, 6.45) is 4.97. The van der Waals surface area contributed by atoms with Crippen LogP contribution in [0.5, 0.6) is 0 Å². The van der Waals surface area contributed by atoms with Crippen molar-refractivity contribution in [3.05, 3.63) is 0 Å². The van der Waals surface area contributed by atoms with Gasteiger partial charge in [0.15, 0.2) is 0 Å². The molecule has 0 saturated heterocycles. The van der Waals surface area contributed by atoms with Gasteiger partial charge in [0, 0.05) is 13.2 Å². The Morgan fingerprint density at radius 3 is 2.44 bits per heavy atom. The van der Waals surface area contributed by atoms with E-state index in [-0.39, 0.29) is 12.3 Å². The van der Waals surface area contributed by atoms with Gasteiger partial charge < -0.3 is 10.5 Å². The summed E-state index contributed by atoms with van der Waals surface area (Å²) in [4.78, 5) is 0. The second kappa shape index (κ2) is 6.55. The molecule has 0 aliphatic heterocycles. The van der Waals surface area contributed by atoms with E-state index in [4.69, 9.17) is 10.5 Å². The van der Waals surface area contributed by atoms with Crippen molar-refractivity contribution in [1.82, 2.24) is 0 Å². The predicted octanol–water partition coefficient (Wildman–Crippen LogP) is 2.91. The molecule has 0 amide bonds. The third kappa shape index (κ3) is 3.70. The number of halogens is 1. The van der Waals surface area contributed by atoms with Crippen LogP contribution in [0.25, 0.3) is 0 Å². The van der Waals surface area contributed by atoms with Crippen LogP contribution >= 0.6 is 0 Å². The van der Waals surface area contributed by atoms with Gasteiger partial charge in [-0.15, -0.1) is 0 Å². The Morgan fingerprint density at radius 1 is 1.38 bits per heavy atom. The third-order valence-corrected chi connectivity index (χ3v) is 3.94. The predicted molar refractivity (Wildman–Crippen MR) is 65.1 cm³/mol. The highest BCUT2D eigenvalue weighted by Gasteiger charge is 2.35. The Hall–Kier alpha value is -0.150. The van der Waals surface area contributed by atoms with Crippen LogP contribution in [0.1, 0.15) is 46.0 Å². The minimum absolute atomic E-state index is 0.152. The summed E-state index contributed by atoms with van der Waals surface area (Å²) in [7, 11) is 0. The standard InChI is InChI=1S/C13H26FNO/c1-11(2)12-4-6-13(10-15,7-5-12)16-9-3-8-14/h11-12H,3-10,15H2,1-2H3. The molecule has 1 saturated carbocycles. The average Bonchev–Trinajstić information content (AvgIpc) is 2.30. The van der Waals surface area contributed by atoms with Gasteiger partial charge >= 0.3 is 0 Å². The maximum Gasteiger partial charge on any atom is 0.0916 e. The molecule has 0 heterocycles. The Balaban J connectivity index is 2.38. The molecule has 3 heteroatoms. The smallest absolute Gasteiger partial charge is 0.0916 e. The zero-order chi connectivity index (χ0) is 12.0. The zero-order valence-corrected chi connectivity index (χ0v) is 10.7. The lowest BCUT2D eigenvalue weighted by Crippen LogP contribution is -2.44. The highest BCUT2D eigenvalue weighted by Crippen LogP contribution is 2.37. The van der Waals surface area contributed by atoms with Gasteiger partial charge in [-0.1, -0.05) is 13.8 Å². The van der Waals surface area contributed by atoms with Crippen molar-refractivity contribution < 1.29 is 9.13 Å². The summed E-state index contributed by atoms with van der Waals surface area (Å²) in [5.41, 5.74) is 5.67. The largest absolute Gasteiger partial charge is 0.374 e. The van der Waals surface area contributed by atoms with Crippen LogP contribution in [-0.2, 0) is 4.74 Å². The highest BCUT2D eigenvalue weighted by molar-refractivity contribution is 4.89. The molecule has 0 bridgehead atoms. The van der Waals surface area contributed by atoms with Crippen molar-refractivity contribution in [1.29, 1.82) is 0 Å². The minimum Gasteiger partial charge on any atom is -0.374 e. The van der Waals surface area contributed by atoms with Gasteiger partial charge in [0.05, 0.1) is 12.3 Å². The molecule has 1 aliphatic carbocycles. The van der Waals surface area contributed by atoms with E-state index in [0.29, 0.717) is 19.6 Å². The van der Waals surface area contributed by atoms with Gasteiger partial charge in [-0.05, 0) is 43.9 Å². The first-order chi connectivity index (χ1) is 7.63. The number of alkyl halides is 1. The molecular weight excluding hydrogens is 205 g/mol. The van der Waals surface area contributed by atoms with Crippen molar-refractivity contribution in [2.75, 3.05) is 19.8 Å². The quantitative estimate of drug-likeness (QED) is 0.713. The molecule has 16 heavy (non-hydrogen) atoms. The van der Waals surface area contributed by atoms with Crippen LogP contribution in [-0.4, -0.2) is 25.4 Å². The summed E-state index contributed by atoms with van der Waals surface area (Å²) in [5.74, 6) is 1.56. The Kier molecular flexibility index (Phi) is 5.70. The van der Waals surface area contributed by atoms with E-state index in [1.165, 1.54) is 12.8 Å². The Labute approximate surface area is 98.7 Å². The number of nitrogens with two attached hydrogens (primary N) is 1. The van der Waals surface area contributed by atoms with E-state index in [9.17, 15) is 4.39 Å².